The number of carbonyl (C=O) groups excluding carboxylic acids is 1. The molecule has 1 saturated carbocycles. The summed E-state index contributed by atoms with van der Waals surface area (Å²) in [5.41, 5.74) is 1.15. The molecule has 0 unspecified atom stereocenters. The van der Waals surface area contributed by atoms with Crippen LogP contribution in [-0.4, -0.2) is 29.2 Å². The lowest BCUT2D eigenvalue weighted by Crippen LogP contribution is -2.41. The van der Waals surface area contributed by atoms with E-state index in [0.29, 0.717) is 5.13 Å². The molecule has 0 radical (unpaired) electrons. The van der Waals surface area contributed by atoms with E-state index < -0.39 is 0 Å². The van der Waals surface area contributed by atoms with Crippen LogP contribution < -0.4 is 10.8 Å². The molecule has 2 aromatic rings. The van der Waals surface area contributed by atoms with Crippen LogP contribution in [0.2, 0.25) is 0 Å². The molecule has 27 heavy (non-hydrogen) atoms. The first kappa shape index (κ1) is 18.9. The average molecular weight is 386 g/mol. The predicted octanol–water partition coefficient (Wildman–Crippen LogP) is 4.11. The van der Waals surface area contributed by atoms with Crippen molar-refractivity contribution < 1.29 is 14.1 Å². The van der Waals surface area contributed by atoms with Crippen molar-refractivity contribution in [1.29, 1.82) is 0 Å². The van der Waals surface area contributed by atoms with Gasteiger partial charge in [-0.1, -0.05) is 36.7 Å². The Bertz CT molecular complexity index is 842. The van der Waals surface area contributed by atoms with Crippen LogP contribution in [0, 0.1) is 5.92 Å². The number of fused-ring (bicyclic) bond motifs is 1. The fourth-order valence-electron chi connectivity index (χ4n) is 3.69. The number of anilines is 1. The van der Waals surface area contributed by atoms with Gasteiger partial charge in [0, 0.05) is 5.92 Å². The maximum atomic E-state index is 12.5. The smallest absolute Gasteiger partial charge is 0.399 e. The third kappa shape index (κ3) is 3.65. The van der Waals surface area contributed by atoms with E-state index in [-0.39, 0.29) is 30.1 Å². The van der Waals surface area contributed by atoms with Crippen molar-refractivity contribution in [3.05, 3.63) is 18.2 Å². The van der Waals surface area contributed by atoms with Crippen LogP contribution in [0.1, 0.15) is 59.8 Å². The summed E-state index contributed by atoms with van der Waals surface area (Å²) in [5, 5.41) is 3.70. The van der Waals surface area contributed by atoms with Crippen LogP contribution in [0.25, 0.3) is 10.2 Å². The summed E-state index contributed by atoms with van der Waals surface area (Å²) in [6.07, 6.45) is 5.52. The molecule has 2 heterocycles. The molecular formula is C20H27BN2O3S. The highest BCUT2D eigenvalue weighted by molar-refractivity contribution is 7.22. The van der Waals surface area contributed by atoms with Gasteiger partial charge in [-0.2, -0.15) is 0 Å². The highest BCUT2D eigenvalue weighted by Crippen LogP contribution is 2.37. The number of aromatic nitrogens is 1. The molecule has 2 fully saturated rings. The van der Waals surface area contributed by atoms with E-state index in [1.54, 1.807) is 0 Å². The molecule has 1 saturated heterocycles. The van der Waals surface area contributed by atoms with Crippen molar-refractivity contribution >= 4 is 45.2 Å². The van der Waals surface area contributed by atoms with Gasteiger partial charge in [-0.15, -0.1) is 0 Å². The van der Waals surface area contributed by atoms with E-state index in [9.17, 15) is 4.79 Å². The van der Waals surface area contributed by atoms with Crippen molar-refractivity contribution in [1.82, 2.24) is 4.98 Å². The van der Waals surface area contributed by atoms with Crippen LogP contribution in [0.15, 0.2) is 18.2 Å². The van der Waals surface area contributed by atoms with Gasteiger partial charge in [0.25, 0.3) is 0 Å². The summed E-state index contributed by atoms with van der Waals surface area (Å²) < 4.78 is 13.3. The number of thiazole rings is 1. The molecule has 0 bridgehead atoms. The van der Waals surface area contributed by atoms with Gasteiger partial charge in [0.05, 0.1) is 21.4 Å². The molecule has 0 spiro atoms. The first-order valence-corrected chi connectivity index (χ1v) is 10.6. The average Bonchev–Trinajstić information content (AvgIpc) is 3.11. The summed E-state index contributed by atoms with van der Waals surface area (Å²) in [7, 11) is -0.387. The second-order valence-corrected chi connectivity index (χ2v) is 9.69. The first-order chi connectivity index (χ1) is 12.7. The van der Waals surface area contributed by atoms with Crippen LogP contribution in [0.4, 0.5) is 5.13 Å². The molecule has 1 aromatic carbocycles. The number of nitrogens with one attached hydrogen (secondary N) is 1. The number of benzene rings is 1. The third-order valence-electron chi connectivity index (χ3n) is 6.14. The fraction of sp³-hybridized carbons (Fsp3) is 0.600. The lowest BCUT2D eigenvalue weighted by molar-refractivity contribution is -0.120. The van der Waals surface area contributed by atoms with E-state index >= 15 is 0 Å². The highest BCUT2D eigenvalue weighted by atomic mass is 32.1. The van der Waals surface area contributed by atoms with E-state index in [1.807, 2.05) is 12.1 Å². The largest absolute Gasteiger partial charge is 0.494 e. The highest BCUT2D eigenvalue weighted by Gasteiger charge is 2.51. The molecular weight excluding hydrogens is 359 g/mol. The maximum Gasteiger partial charge on any atom is 0.494 e. The standard InChI is InChI=1S/C20H27BN2O3S/c1-19(2)20(3,4)26-21(25-19)14-10-11-15-16(12-14)27-18(22-15)23-17(24)13-8-6-5-7-9-13/h10-13H,5-9H2,1-4H3,(H,22,23,24). The van der Waals surface area contributed by atoms with Crippen LogP contribution >= 0.6 is 11.3 Å². The summed E-state index contributed by atoms with van der Waals surface area (Å²) in [6.45, 7) is 8.21. The number of nitrogens with zero attached hydrogens (tertiary/aromatic N) is 1. The topological polar surface area (TPSA) is 60.5 Å². The number of carbonyl (C=O) groups is 1. The molecule has 0 atom stereocenters. The van der Waals surface area contributed by atoms with Gasteiger partial charge in [-0.25, -0.2) is 4.98 Å². The molecule has 5 nitrogen and oxygen atoms in total. The van der Waals surface area contributed by atoms with Gasteiger partial charge >= 0.3 is 7.12 Å². The second-order valence-electron chi connectivity index (χ2n) is 8.66. The van der Waals surface area contributed by atoms with E-state index in [4.69, 9.17) is 9.31 Å². The van der Waals surface area contributed by atoms with E-state index in [1.165, 1.54) is 17.8 Å². The zero-order valence-corrected chi connectivity index (χ0v) is 17.3. The van der Waals surface area contributed by atoms with Crippen molar-refractivity contribution in [3.8, 4) is 0 Å². The molecule has 2 aliphatic rings. The Kier molecular flexibility index (Phi) is 4.81. The minimum atomic E-state index is -0.387. The molecule has 7 heteroatoms. The van der Waals surface area contributed by atoms with E-state index in [0.717, 1.165) is 41.4 Å². The van der Waals surface area contributed by atoms with Crippen LogP contribution in [0.3, 0.4) is 0 Å². The Labute approximate surface area is 165 Å². The van der Waals surface area contributed by atoms with Gasteiger partial charge < -0.3 is 14.6 Å². The number of rotatable bonds is 3. The van der Waals surface area contributed by atoms with Crippen molar-refractivity contribution in [2.24, 2.45) is 5.92 Å². The minimum absolute atomic E-state index is 0.111. The van der Waals surface area contributed by atoms with Crippen LogP contribution in [-0.2, 0) is 14.1 Å². The number of hydrogen-bond acceptors (Lipinski definition) is 5. The second kappa shape index (κ2) is 6.87. The van der Waals surface area contributed by atoms with Gasteiger partial charge in [0.15, 0.2) is 5.13 Å². The predicted molar refractivity (Wildman–Crippen MR) is 111 cm³/mol. The first-order valence-electron chi connectivity index (χ1n) is 9.82. The molecule has 1 N–H and O–H groups in total. The Hall–Kier alpha value is -1.44. The zero-order valence-electron chi connectivity index (χ0n) is 16.5. The summed E-state index contributed by atoms with van der Waals surface area (Å²) >= 11 is 1.51. The Balaban J connectivity index is 1.51. The fourth-order valence-corrected chi connectivity index (χ4v) is 4.61. The number of hydrogen-bond donors (Lipinski definition) is 1. The summed E-state index contributed by atoms with van der Waals surface area (Å²) in [5.74, 6) is 0.242. The normalized spacial score (nSPS) is 22.3. The Morgan fingerprint density at radius 3 is 2.48 bits per heavy atom. The summed E-state index contributed by atoms with van der Waals surface area (Å²) in [4.78, 5) is 17.1. The van der Waals surface area contributed by atoms with E-state index in [2.05, 4.69) is 44.1 Å². The Morgan fingerprint density at radius 2 is 1.81 bits per heavy atom. The Morgan fingerprint density at radius 1 is 1.15 bits per heavy atom. The van der Waals surface area contributed by atoms with Crippen LogP contribution in [0.5, 0.6) is 0 Å². The van der Waals surface area contributed by atoms with Crippen molar-refractivity contribution in [2.45, 2.75) is 71.0 Å². The molecule has 4 rings (SSSR count). The number of amides is 1. The molecule has 1 aromatic heterocycles. The van der Waals surface area contributed by atoms with Crippen molar-refractivity contribution in [2.75, 3.05) is 5.32 Å². The summed E-state index contributed by atoms with van der Waals surface area (Å²) in [6, 6.07) is 6.03. The lowest BCUT2D eigenvalue weighted by Gasteiger charge is -2.32. The molecule has 144 valence electrons. The monoisotopic (exact) mass is 386 g/mol. The van der Waals surface area contributed by atoms with Gasteiger partial charge in [0.2, 0.25) is 5.91 Å². The minimum Gasteiger partial charge on any atom is -0.399 e. The van der Waals surface area contributed by atoms with Gasteiger partial charge in [-0.3, -0.25) is 4.79 Å². The van der Waals surface area contributed by atoms with Gasteiger partial charge in [-0.05, 0) is 58.1 Å². The molecule has 1 aliphatic heterocycles. The zero-order chi connectivity index (χ0) is 19.2. The molecule has 1 aliphatic carbocycles. The maximum absolute atomic E-state index is 12.5. The quantitative estimate of drug-likeness (QED) is 0.807. The van der Waals surface area contributed by atoms with Gasteiger partial charge in [0.1, 0.15) is 0 Å². The lowest BCUT2D eigenvalue weighted by atomic mass is 9.79. The van der Waals surface area contributed by atoms with Crippen molar-refractivity contribution in [3.63, 3.8) is 0 Å². The third-order valence-corrected chi connectivity index (χ3v) is 7.08. The SMILES string of the molecule is CC1(C)OB(c2ccc3nc(NC(=O)C4CCCCC4)sc3c2)OC1(C)C. The molecule has 1 amide bonds.